The minimum atomic E-state index is -0.682. The van der Waals surface area contributed by atoms with Crippen LogP contribution in [0.15, 0.2) is 22.7 Å². The molecule has 1 fully saturated rings. The van der Waals surface area contributed by atoms with Crippen molar-refractivity contribution in [1.29, 1.82) is 0 Å². The molecule has 1 aromatic carbocycles. The van der Waals surface area contributed by atoms with E-state index in [1.807, 2.05) is 6.07 Å². The Morgan fingerprint density at radius 3 is 2.62 bits per heavy atom. The molecule has 88 valence electrons. The summed E-state index contributed by atoms with van der Waals surface area (Å²) in [6.45, 7) is 1.65. The predicted molar refractivity (Wildman–Crippen MR) is 64.9 cm³/mol. The fourth-order valence-corrected chi connectivity index (χ4v) is 2.67. The van der Waals surface area contributed by atoms with Gasteiger partial charge in [0.15, 0.2) is 0 Å². The Labute approximate surface area is 103 Å². The maximum absolute atomic E-state index is 13.2. The fourth-order valence-electron chi connectivity index (χ4n) is 2.16. The van der Waals surface area contributed by atoms with Crippen LogP contribution < -0.4 is 5.32 Å². The van der Waals surface area contributed by atoms with Gasteiger partial charge in [0.05, 0.1) is 5.60 Å². The Balaban J connectivity index is 2.13. The third-order valence-electron chi connectivity index (χ3n) is 2.99. The highest BCUT2D eigenvalue weighted by atomic mass is 79.9. The predicted octanol–water partition coefficient (Wildman–Crippen LogP) is 2.25. The molecule has 0 spiro atoms. The molecule has 2 rings (SSSR count). The second-order valence-electron chi connectivity index (χ2n) is 4.43. The minimum absolute atomic E-state index is 0.262. The molecule has 1 aliphatic heterocycles. The van der Waals surface area contributed by atoms with E-state index in [4.69, 9.17) is 0 Å². The van der Waals surface area contributed by atoms with Crippen LogP contribution in [-0.4, -0.2) is 23.8 Å². The maximum atomic E-state index is 13.2. The van der Waals surface area contributed by atoms with Gasteiger partial charge in [-0.15, -0.1) is 0 Å². The van der Waals surface area contributed by atoms with E-state index in [9.17, 15) is 9.50 Å². The number of halogens is 2. The molecule has 2 nitrogen and oxygen atoms in total. The summed E-state index contributed by atoms with van der Waals surface area (Å²) in [5, 5.41) is 13.5. The topological polar surface area (TPSA) is 32.3 Å². The van der Waals surface area contributed by atoms with Gasteiger partial charge in [0.2, 0.25) is 0 Å². The van der Waals surface area contributed by atoms with Crippen LogP contribution in [0.4, 0.5) is 4.39 Å². The van der Waals surface area contributed by atoms with Gasteiger partial charge in [-0.25, -0.2) is 4.39 Å². The molecular formula is C12H15BrFNO. The summed E-state index contributed by atoms with van der Waals surface area (Å²) in [4.78, 5) is 0. The number of hydrogen-bond donors (Lipinski definition) is 2. The average molecular weight is 288 g/mol. The molecule has 1 saturated heterocycles. The van der Waals surface area contributed by atoms with Gasteiger partial charge in [0, 0.05) is 10.9 Å². The number of aliphatic hydroxyl groups is 1. The summed E-state index contributed by atoms with van der Waals surface area (Å²) in [6.07, 6.45) is 1.97. The molecule has 16 heavy (non-hydrogen) atoms. The van der Waals surface area contributed by atoms with Crippen molar-refractivity contribution in [3.05, 3.63) is 34.1 Å². The molecule has 1 aromatic rings. The first-order chi connectivity index (χ1) is 7.57. The number of nitrogens with one attached hydrogen (secondary N) is 1. The molecule has 0 amide bonds. The molecule has 1 heterocycles. The van der Waals surface area contributed by atoms with E-state index in [-0.39, 0.29) is 5.82 Å². The molecule has 0 radical (unpaired) electrons. The van der Waals surface area contributed by atoms with Crippen LogP contribution in [0.2, 0.25) is 0 Å². The van der Waals surface area contributed by atoms with E-state index < -0.39 is 5.60 Å². The van der Waals surface area contributed by atoms with Gasteiger partial charge in [-0.2, -0.15) is 0 Å². The van der Waals surface area contributed by atoms with Crippen molar-refractivity contribution in [3.8, 4) is 0 Å². The Morgan fingerprint density at radius 1 is 1.31 bits per heavy atom. The number of piperidine rings is 1. The Hall–Kier alpha value is -0.450. The van der Waals surface area contributed by atoms with E-state index in [1.54, 1.807) is 0 Å². The summed E-state index contributed by atoms with van der Waals surface area (Å²) in [5.41, 5.74) is 0.162. The van der Waals surface area contributed by atoms with Gasteiger partial charge < -0.3 is 10.4 Å². The summed E-state index contributed by atoms with van der Waals surface area (Å²) < 4.78 is 13.9. The molecule has 2 N–H and O–H groups in total. The van der Waals surface area contributed by atoms with Gasteiger partial charge in [-0.05, 0) is 49.7 Å². The largest absolute Gasteiger partial charge is 0.389 e. The van der Waals surface area contributed by atoms with E-state index in [0.717, 1.165) is 36.0 Å². The quantitative estimate of drug-likeness (QED) is 0.875. The number of benzene rings is 1. The van der Waals surface area contributed by atoms with Crippen LogP contribution in [0.5, 0.6) is 0 Å². The van der Waals surface area contributed by atoms with Crippen LogP contribution in [0.25, 0.3) is 0 Å². The number of rotatable bonds is 2. The lowest BCUT2D eigenvalue weighted by molar-refractivity contribution is 0.0108. The molecule has 0 unspecified atom stereocenters. The maximum Gasteiger partial charge on any atom is 0.124 e. The summed E-state index contributed by atoms with van der Waals surface area (Å²) in [7, 11) is 0. The van der Waals surface area contributed by atoms with Crippen molar-refractivity contribution >= 4 is 15.9 Å². The SMILES string of the molecule is OC1(Cc2cc(F)cc(Br)c2)CCNCC1. The molecule has 0 saturated carbocycles. The second-order valence-corrected chi connectivity index (χ2v) is 5.34. The van der Waals surface area contributed by atoms with Crippen LogP contribution in [-0.2, 0) is 6.42 Å². The van der Waals surface area contributed by atoms with Gasteiger partial charge in [0.25, 0.3) is 0 Å². The molecule has 0 aliphatic carbocycles. The van der Waals surface area contributed by atoms with Crippen molar-refractivity contribution in [1.82, 2.24) is 5.32 Å². The van der Waals surface area contributed by atoms with Crippen molar-refractivity contribution in [3.63, 3.8) is 0 Å². The van der Waals surface area contributed by atoms with E-state index in [0.29, 0.717) is 6.42 Å². The van der Waals surface area contributed by atoms with Crippen LogP contribution in [0.3, 0.4) is 0 Å². The molecule has 4 heteroatoms. The lowest BCUT2D eigenvalue weighted by Gasteiger charge is -2.32. The summed E-state index contributed by atoms with van der Waals surface area (Å²) >= 11 is 3.26. The third kappa shape index (κ3) is 3.03. The molecule has 0 bridgehead atoms. The summed E-state index contributed by atoms with van der Waals surface area (Å²) in [6, 6.07) is 4.78. The van der Waals surface area contributed by atoms with E-state index in [2.05, 4.69) is 21.2 Å². The first-order valence-corrected chi connectivity index (χ1v) is 6.25. The lowest BCUT2D eigenvalue weighted by atomic mass is 9.86. The molecule has 0 aromatic heterocycles. The van der Waals surface area contributed by atoms with Gasteiger partial charge in [-0.1, -0.05) is 15.9 Å². The van der Waals surface area contributed by atoms with Gasteiger partial charge in [0.1, 0.15) is 5.82 Å². The normalized spacial score (nSPS) is 19.7. The first kappa shape index (κ1) is 12.0. The highest BCUT2D eigenvalue weighted by molar-refractivity contribution is 9.10. The minimum Gasteiger partial charge on any atom is -0.389 e. The van der Waals surface area contributed by atoms with Crippen LogP contribution in [0, 0.1) is 5.82 Å². The zero-order valence-electron chi connectivity index (χ0n) is 8.97. The molecule has 1 aliphatic rings. The molecule has 0 atom stereocenters. The Morgan fingerprint density at radius 2 is 2.00 bits per heavy atom. The van der Waals surface area contributed by atoms with Crippen LogP contribution in [0.1, 0.15) is 18.4 Å². The van der Waals surface area contributed by atoms with E-state index in [1.165, 1.54) is 12.1 Å². The lowest BCUT2D eigenvalue weighted by Crippen LogP contribution is -2.43. The highest BCUT2D eigenvalue weighted by Gasteiger charge is 2.29. The Bertz CT molecular complexity index is 357. The van der Waals surface area contributed by atoms with Crippen molar-refractivity contribution in [2.45, 2.75) is 24.9 Å². The van der Waals surface area contributed by atoms with E-state index >= 15 is 0 Å². The van der Waals surface area contributed by atoms with Crippen LogP contribution >= 0.6 is 15.9 Å². The van der Waals surface area contributed by atoms with Crippen molar-refractivity contribution in [2.24, 2.45) is 0 Å². The highest BCUT2D eigenvalue weighted by Crippen LogP contribution is 2.25. The number of hydrogen-bond acceptors (Lipinski definition) is 2. The first-order valence-electron chi connectivity index (χ1n) is 5.45. The fraction of sp³-hybridized carbons (Fsp3) is 0.500. The zero-order chi connectivity index (χ0) is 11.6. The van der Waals surface area contributed by atoms with Gasteiger partial charge in [-0.3, -0.25) is 0 Å². The average Bonchev–Trinajstić information content (AvgIpc) is 2.15. The van der Waals surface area contributed by atoms with Crippen molar-refractivity contribution in [2.75, 3.05) is 13.1 Å². The Kier molecular flexibility index (Phi) is 3.62. The standard InChI is InChI=1S/C12H15BrFNO/c13-10-5-9(6-11(14)7-10)8-12(16)1-3-15-4-2-12/h5-7,15-16H,1-4,8H2. The zero-order valence-corrected chi connectivity index (χ0v) is 10.6. The third-order valence-corrected chi connectivity index (χ3v) is 3.45. The summed E-state index contributed by atoms with van der Waals surface area (Å²) in [5.74, 6) is -0.262. The van der Waals surface area contributed by atoms with Crippen molar-refractivity contribution < 1.29 is 9.50 Å². The van der Waals surface area contributed by atoms with Gasteiger partial charge >= 0.3 is 0 Å². The second kappa shape index (κ2) is 4.82. The molecular weight excluding hydrogens is 273 g/mol. The monoisotopic (exact) mass is 287 g/mol. The smallest absolute Gasteiger partial charge is 0.124 e.